The molecular formula is C15H11BrN4O4S. The predicted molar refractivity (Wildman–Crippen MR) is 95.8 cm³/mol. The van der Waals surface area contributed by atoms with Gasteiger partial charge < -0.3 is 10.1 Å². The topological polar surface area (TPSA) is 103 Å². The number of aromatic nitrogens is 3. The van der Waals surface area contributed by atoms with E-state index < -0.39 is 11.9 Å². The van der Waals surface area contributed by atoms with Gasteiger partial charge in [0.15, 0.2) is 5.13 Å². The minimum absolute atomic E-state index is 0.221. The summed E-state index contributed by atoms with van der Waals surface area (Å²) >= 11 is 4.29. The maximum Gasteiger partial charge on any atom is 0.349 e. The lowest BCUT2D eigenvalue weighted by Crippen LogP contribution is -2.27. The highest BCUT2D eigenvalue weighted by atomic mass is 79.9. The van der Waals surface area contributed by atoms with Crippen LogP contribution >= 0.6 is 27.3 Å². The molecule has 128 valence electrons. The number of hydrogen-bond acceptors (Lipinski definition) is 7. The average Bonchev–Trinajstić information content (AvgIpc) is 3.05. The normalized spacial score (nSPS) is 10.6. The van der Waals surface area contributed by atoms with Crippen molar-refractivity contribution in [3.05, 3.63) is 50.4 Å². The van der Waals surface area contributed by atoms with Crippen LogP contribution in [0, 0.1) is 0 Å². The van der Waals surface area contributed by atoms with Crippen molar-refractivity contribution in [2.24, 2.45) is 0 Å². The number of esters is 1. The van der Waals surface area contributed by atoms with E-state index in [0.29, 0.717) is 10.9 Å². The fourth-order valence-electron chi connectivity index (χ4n) is 2.08. The van der Waals surface area contributed by atoms with Crippen LogP contribution in [-0.4, -0.2) is 33.5 Å². The number of rotatable bonds is 4. The molecule has 0 radical (unpaired) electrons. The van der Waals surface area contributed by atoms with Crippen molar-refractivity contribution in [1.82, 2.24) is 14.5 Å². The number of carbonyl (C=O) groups excluding carboxylic acids is 2. The molecular weight excluding hydrogens is 412 g/mol. The average molecular weight is 423 g/mol. The molecule has 25 heavy (non-hydrogen) atoms. The van der Waals surface area contributed by atoms with Gasteiger partial charge in [0.1, 0.15) is 11.4 Å². The summed E-state index contributed by atoms with van der Waals surface area (Å²) in [7, 11) is 1.26. The van der Waals surface area contributed by atoms with Crippen molar-refractivity contribution in [2.75, 3.05) is 12.4 Å². The van der Waals surface area contributed by atoms with Gasteiger partial charge in [-0.1, -0.05) is 27.3 Å². The molecule has 0 spiro atoms. The Morgan fingerprint density at radius 1 is 1.36 bits per heavy atom. The van der Waals surface area contributed by atoms with E-state index in [1.807, 2.05) is 0 Å². The van der Waals surface area contributed by atoms with Gasteiger partial charge in [-0.15, -0.1) is 0 Å². The molecule has 0 bridgehead atoms. The fraction of sp³-hybridized carbons (Fsp3) is 0.133. The Hall–Kier alpha value is -2.59. The minimum atomic E-state index is -0.529. The summed E-state index contributed by atoms with van der Waals surface area (Å²) in [4.78, 5) is 44.3. The van der Waals surface area contributed by atoms with Crippen LogP contribution in [0.1, 0.15) is 9.67 Å². The Labute approximate surface area is 153 Å². The molecule has 2 heterocycles. The van der Waals surface area contributed by atoms with Crippen molar-refractivity contribution >= 4 is 55.2 Å². The van der Waals surface area contributed by atoms with Crippen molar-refractivity contribution in [3.63, 3.8) is 0 Å². The first-order chi connectivity index (χ1) is 12.0. The van der Waals surface area contributed by atoms with E-state index in [9.17, 15) is 14.4 Å². The zero-order valence-corrected chi connectivity index (χ0v) is 15.3. The third-order valence-electron chi connectivity index (χ3n) is 3.24. The van der Waals surface area contributed by atoms with Crippen LogP contribution in [0.2, 0.25) is 0 Å². The molecule has 1 aromatic carbocycles. The number of nitrogens with one attached hydrogen (secondary N) is 1. The Bertz CT molecular complexity index is 1030. The number of nitrogens with zero attached hydrogens (tertiary/aromatic N) is 3. The van der Waals surface area contributed by atoms with Gasteiger partial charge >= 0.3 is 5.97 Å². The third kappa shape index (κ3) is 3.74. The van der Waals surface area contributed by atoms with Gasteiger partial charge in [0.05, 0.1) is 30.5 Å². The number of halogens is 1. The van der Waals surface area contributed by atoms with Gasteiger partial charge in [-0.25, -0.2) is 14.8 Å². The number of anilines is 1. The van der Waals surface area contributed by atoms with E-state index in [0.717, 1.165) is 15.8 Å². The number of ether oxygens (including phenoxy) is 1. The number of amides is 1. The lowest BCUT2D eigenvalue weighted by Gasteiger charge is -2.06. The van der Waals surface area contributed by atoms with Crippen LogP contribution in [0.3, 0.4) is 0 Å². The van der Waals surface area contributed by atoms with Gasteiger partial charge in [0.2, 0.25) is 5.91 Å². The molecule has 0 saturated heterocycles. The fourth-order valence-corrected chi connectivity index (χ4v) is 3.20. The summed E-state index contributed by atoms with van der Waals surface area (Å²) in [6.07, 6.45) is 2.63. The Kier molecular flexibility index (Phi) is 4.91. The standard InChI is InChI=1S/C15H11BrN4O4S/c1-24-14(23)11-5-17-15(25-11)19-12(21)6-20-7-18-10-3-2-8(16)4-9(10)13(20)22/h2-5,7H,6H2,1H3,(H,17,19,21). The van der Waals surface area contributed by atoms with Gasteiger partial charge in [0, 0.05) is 4.47 Å². The summed E-state index contributed by atoms with van der Waals surface area (Å²) in [6.45, 7) is -0.221. The van der Waals surface area contributed by atoms with E-state index in [-0.39, 0.29) is 22.1 Å². The molecule has 8 nitrogen and oxygen atoms in total. The van der Waals surface area contributed by atoms with Crippen LogP contribution in [0.5, 0.6) is 0 Å². The highest BCUT2D eigenvalue weighted by Crippen LogP contribution is 2.19. The van der Waals surface area contributed by atoms with Crippen molar-refractivity contribution in [1.29, 1.82) is 0 Å². The number of thiazole rings is 1. The van der Waals surface area contributed by atoms with Crippen molar-refractivity contribution < 1.29 is 14.3 Å². The maximum atomic E-state index is 12.4. The minimum Gasteiger partial charge on any atom is -0.465 e. The molecule has 0 fully saturated rings. The van der Waals surface area contributed by atoms with E-state index in [4.69, 9.17) is 0 Å². The van der Waals surface area contributed by atoms with Crippen LogP contribution in [0.4, 0.5) is 5.13 Å². The molecule has 0 saturated carbocycles. The van der Waals surface area contributed by atoms with E-state index >= 15 is 0 Å². The SMILES string of the molecule is COC(=O)c1cnc(NC(=O)Cn2cnc3ccc(Br)cc3c2=O)s1. The molecule has 3 rings (SSSR count). The summed E-state index contributed by atoms with van der Waals surface area (Å²) in [6, 6.07) is 5.16. The molecule has 0 aliphatic rings. The predicted octanol–water partition coefficient (Wildman–Crippen LogP) is 2.04. The lowest BCUT2D eigenvalue weighted by atomic mass is 10.2. The summed E-state index contributed by atoms with van der Waals surface area (Å²) < 4.78 is 6.53. The number of methoxy groups -OCH3 is 1. The zero-order valence-electron chi connectivity index (χ0n) is 12.9. The first kappa shape index (κ1) is 17.2. The van der Waals surface area contributed by atoms with Crippen LogP contribution in [-0.2, 0) is 16.1 Å². The van der Waals surface area contributed by atoms with E-state index in [2.05, 4.69) is 36.0 Å². The van der Waals surface area contributed by atoms with Gasteiger partial charge in [-0.2, -0.15) is 0 Å². The van der Waals surface area contributed by atoms with Gasteiger partial charge in [0.25, 0.3) is 5.56 Å². The van der Waals surface area contributed by atoms with Crippen LogP contribution in [0.15, 0.2) is 40.0 Å². The number of carbonyl (C=O) groups is 2. The van der Waals surface area contributed by atoms with Crippen molar-refractivity contribution in [2.45, 2.75) is 6.54 Å². The second-order valence-electron chi connectivity index (χ2n) is 4.91. The van der Waals surface area contributed by atoms with Crippen LogP contribution < -0.4 is 10.9 Å². The molecule has 1 N–H and O–H groups in total. The molecule has 1 amide bonds. The molecule has 2 aromatic heterocycles. The van der Waals surface area contributed by atoms with Crippen molar-refractivity contribution in [3.8, 4) is 0 Å². The molecule has 0 aliphatic carbocycles. The molecule has 0 atom stereocenters. The zero-order chi connectivity index (χ0) is 18.0. The second kappa shape index (κ2) is 7.11. The molecule has 0 aliphatic heterocycles. The largest absolute Gasteiger partial charge is 0.465 e. The quantitative estimate of drug-likeness (QED) is 0.645. The maximum absolute atomic E-state index is 12.4. The molecule has 3 aromatic rings. The summed E-state index contributed by atoms with van der Waals surface area (Å²) in [5.74, 6) is -0.984. The first-order valence-electron chi connectivity index (χ1n) is 6.96. The number of hydrogen-bond donors (Lipinski definition) is 1. The Balaban J connectivity index is 1.78. The lowest BCUT2D eigenvalue weighted by molar-refractivity contribution is -0.116. The number of benzene rings is 1. The second-order valence-corrected chi connectivity index (χ2v) is 6.85. The highest BCUT2D eigenvalue weighted by Gasteiger charge is 2.13. The smallest absolute Gasteiger partial charge is 0.349 e. The monoisotopic (exact) mass is 422 g/mol. The van der Waals surface area contributed by atoms with E-state index in [1.54, 1.807) is 18.2 Å². The van der Waals surface area contributed by atoms with Gasteiger partial charge in [-0.05, 0) is 18.2 Å². The Morgan fingerprint density at radius 2 is 2.16 bits per heavy atom. The van der Waals surface area contributed by atoms with E-state index in [1.165, 1.54) is 24.2 Å². The Morgan fingerprint density at radius 3 is 2.92 bits per heavy atom. The molecule has 10 heteroatoms. The highest BCUT2D eigenvalue weighted by molar-refractivity contribution is 9.10. The van der Waals surface area contributed by atoms with Crippen LogP contribution in [0.25, 0.3) is 10.9 Å². The third-order valence-corrected chi connectivity index (χ3v) is 4.62. The first-order valence-corrected chi connectivity index (χ1v) is 8.57. The molecule has 0 unspecified atom stereocenters. The summed E-state index contributed by atoms with van der Waals surface area (Å²) in [5, 5.41) is 3.19. The van der Waals surface area contributed by atoms with Gasteiger partial charge in [-0.3, -0.25) is 14.2 Å². The summed E-state index contributed by atoms with van der Waals surface area (Å²) in [5.41, 5.74) is 0.225. The number of fused-ring (bicyclic) bond motifs is 1.